The maximum Gasteiger partial charge on any atom is 0.410 e. The molecule has 1 aromatic carbocycles. The Balaban J connectivity index is 1.69. The summed E-state index contributed by atoms with van der Waals surface area (Å²) in [5.74, 6) is -0.470. The van der Waals surface area contributed by atoms with Crippen LogP contribution < -0.4 is 5.32 Å². The van der Waals surface area contributed by atoms with E-state index < -0.39 is 17.7 Å². The fraction of sp³-hybridized carbons (Fsp3) is 0.636. The van der Waals surface area contributed by atoms with Gasteiger partial charge in [0.25, 0.3) is 0 Å². The van der Waals surface area contributed by atoms with Gasteiger partial charge in [-0.05, 0) is 64.2 Å². The van der Waals surface area contributed by atoms with Gasteiger partial charge in [-0.2, -0.15) is 0 Å². The summed E-state index contributed by atoms with van der Waals surface area (Å²) in [6.45, 7) is 7.46. The second kappa shape index (κ2) is 8.69. The molecular weight excluding hydrogens is 375 g/mol. The second-order valence-electron chi connectivity index (χ2n) is 8.95. The Hall–Kier alpha value is -2.15. The average Bonchev–Trinajstić information content (AvgIpc) is 3.16. The van der Waals surface area contributed by atoms with Gasteiger partial charge in [0.2, 0.25) is 5.91 Å². The zero-order valence-electron chi connectivity index (χ0n) is 17.5. The largest absolute Gasteiger partial charge is 0.444 e. The monoisotopic (exact) mass is 406 g/mol. The van der Waals surface area contributed by atoms with Crippen LogP contribution in [0.4, 0.5) is 9.18 Å². The molecule has 2 aliphatic heterocycles. The molecule has 0 bridgehead atoms. The smallest absolute Gasteiger partial charge is 0.410 e. The lowest BCUT2D eigenvalue weighted by Crippen LogP contribution is -2.51. The highest BCUT2D eigenvalue weighted by Crippen LogP contribution is 2.35. The average molecular weight is 406 g/mol. The minimum absolute atomic E-state index is 0.185. The molecule has 2 aliphatic rings. The number of carbonyl (C=O) groups excluding carboxylic acids is 2. The lowest BCUT2D eigenvalue weighted by Gasteiger charge is -2.38. The van der Waals surface area contributed by atoms with Crippen LogP contribution in [0, 0.1) is 5.82 Å². The Morgan fingerprint density at radius 1 is 1.31 bits per heavy atom. The van der Waals surface area contributed by atoms with Gasteiger partial charge in [0.15, 0.2) is 0 Å². The maximum absolute atomic E-state index is 13.8. The molecule has 3 rings (SSSR count). The molecule has 0 radical (unpaired) electrons. The van der Waals surface area contributed by atoms with Crippen molar-refractivity contribution in [2.45, 2.75) is 63.5 Å². The van der Waals surface area contributed by atoms with E-state index in [1.165, 1.54) is 11.0 Å². The summed E-state index contributed by atoms with van der Waals surface area (Å²) in [5.41, 5.74) is -0.105. The molecule has 1 unspecified atom stereocenters. The van der Waals surface area contributed by atoms with E-state index in [1.54, 1.807) is 12.1 Å². The van der Waals surface area contributed by atoms with Crippen LogP contribution in [-0.2, 0) is 19.7 Å². The first-order chi connectivity index (χ1) is 13.7. The fourth-order valence-electron chi connectivity index (χ4n) is 4.10. The van der Waals surface area contributed by atoms with Crippen LogP contribution in [0.15, 0.2) is 24.3 Å². The minimum Gasteiger partial charge on any atom is -0.444 e. The molecule has 2 fully saturated rings. The normalized spacial score (nSPS) is 21.7. The van der Waals surface area contributed by atoms with Gasteiger partial charge in [0.05, 0.1) is 0 Å². The number of benzene rings is 1. The third kappa shape index (κ3) is 5.26. The highest BCUT2D eigenvalue weighted by molar-refractivity contribution is 5.86. The van der Waals surface area contributed by atoms with Crippen LogP contribution >= 0.6 is 0 Å². The van der Waals surface area contributed by atoms with E-state index in [9.17, 15) is 14.0 Å². The van der Waals surface area contributed by atoms with Crippen molar-refractivity contribution in [2.24, 2.45) is 0 Å². The van der Waals surface area contributed by atoms with E-state index >= 15 is 0 Å². The van der Waals surface area contributed by atoms with Gasteiger partial charge < -0.3 is 14.8 Å². The van der Waals surface area contributed by atoms with E-state index in [2.05, 4.69) is 5.32 Å². The molecule has 160 valence electrons. The second-order valence-corrected chi connectivity index (χ2v) is 8.95. The van der Waals surface area contributed by atoms with E-state index in [0.29, 0.717) is 45.6 Å². The molecule has 0 saturated carbocycles. The highest BCUT2D eigenvalue weighted by Gasteiger charge is 2.39. The Morgan fingerprint density at radius 3 is 2.69 bits per heavy atom. The van der Waals surface area contributed by atoms with Crippen molar-refractivity contribution in [2.75, 3.05) is 26.3 Å². The van der Waals surface area contributed by atoms with Gasteiger partial charge in [-0.15, -0.1) is 0 Å². The first-order valence-electron chi connectivity index (χ1n) is 10.3. The zero-order valence-corrected chi connectivity index (χ0v) is 17.5. The third-order valence-electron chi connectivity index (χ3n) is 5.67. The summed E-state index contributed by atoms with van der Waals surface area (Å²) in [7, 11) is 0. The van der Waals surface area contributed by atoms with Crippen LogP contribution in [0.1, 0.15) is 52.0 Å². The number of hydrogen-bond acceptors (Lipinski definition) is 4. The Labute approximate surface area is 171 Å². The molecule has 1 aromatic rings. The lowest BCUT2D eigenvalue weighted by atomic mass is 9.74. The van der Waals surface area contributed by atoms with Crippen LogP contribution in [0.25, 0.3) is 0 Å². The summed E-state index contributed by atoms with van der Waals surface area (Å²) in [6, 6.07) is 6.04. The number of ether oxygens (including phenoxy) is 2. The lowest BCUT2D eigenvalue weighted by molar-refractivity contribution is -0.126. The third-order valence-corrected chi connectivity index (χ3v) is 5.67. The summed E-state index contributed by atoms with van der Waals surface area (Å²) in [4.78, 5) is 26.9. The molecule has 2 saturated heterocycles. The van der Waals surface area contributed by atoms with Gasteiger partial charge in [-0.25, -0.2) is 9.18 Å². The fourth-order valence-corrected chi connectivity index (χ4v) is 4.10. The van der Waals surface area contributed by atoms with E-state index in [4.69, 9.17) is 9.47 Å². The number of hydrogen-bond donors (Lipinski definition) is 1. The number of nitrogens with one attached hydrogen (secondary N) is 1. The summed E-state index contributed by atoms with van der Waals surface area (Å²) < 4.78 is 24.8. The van der Waals surface area contributed by atoms with Crippen molar-refractivity contribution in [1.29, 1.82) is 0 Å². The van der Waals surface area contributed by atoms with Gasteiger partial charge in [-0.1, -0.05) is 12.1 Å². The minimum atomic E-state index is -0.607. The van der Waals surface area contributed by atoms with Crippen molar-refractivity contribution in [3.05, 3.63) is 35.6 Å². The molecule has 0 aromatic heterocycles. The van der Waals surface area contributed by atoms with Crippen molar-refractivity contribution in [1.82, 2.24) is 10.2 Å². The predicted octanol–water partition coefficient (Wildman–Crippen LogP) is 3.39. The first-order valence-corrected chi connectivity index (χ1v) is 10.3. The molecule has 1 atom stereocenters. The van der Waals surface area contributed by atoms with Crippen LogP contribution in [0.3, 0.4) is 0 Å². The predicted molar refractivity (Wildman–Crippen MR) is 107 cm³/mol. The summed E-state index contributed by atoms with van der Waals surface area (Å²) in [6.07, 6.45) is 2.33. The van der Waals surface area contributed by atoms with Crippen molar-refractivity contribution in [3.63, 3.8) is 0 Å². The maximum atomic E-state index is 13.8. The van der Waals surface area contributed by atoms with E-state index in [1.807, 2.05) is 26.8 Å². The zero-order chi connectivity index (χ0) is 21.1. The Morgan fingerprint density at radius 2 is 2.03 bits per heavy atom. The van der Waals surface area contributed by atoms with Crippen LogP contribution in [0.2, 0.25) is 0 Å². The molecule has 29 heavy (non-hydrogen) atoms. The topological polar surface area (TPSA) is 67.9 Å². The number of rotatable bonds is 4. The summed E-state index contributed by atoms with van der Waals surface area (Å²) in [5, 5.41) is 3.03. The molecule has 6 nitrogen and oxygen atoms in total. The van der Waals surface area contributed by atoms with Crippen molar-refractivity contribution < 1.29 is 23.5 Å². The van der Waals surface area contributed by atoms with Gasteiger partial charge in [0.1, 0.15) is 17.5 Å². The van der Waals surface area contributed by atoms with E-state index in [-0.39, 0.29) is 17.1 Å². The molecule has 1 N–H and O–H groups in total. The quantitative estimate of drug-likeness (QED) is 0.832. The molecule has 7 heteroatoms. The number of likely N-dealkylation sites (tertiary alicyclic amines) is 1. The molecule has 0 aliphatic carbocycles. The number of amides is 2. The van der Waals surface area contributed by atoms with Gasteiger partial charge in [0, 0.05) is 31.7 Å². The van der Waals surface area contributed by atoms with Crippen molar-refractivity contribution >= 4 is 12.0 Å². The first kappa shape index (κ1) is 21.6. The number of halogens is 1. The van der Waals surface area contributed by atoms with Gasteiger partial charge in [-0.3, -0.25) is 9.69 Å². The van der Waals surface area contributed by atoms with Gasteiger partial charge >= 0.3 is 6.09 Å². The molecular formula is C22H31FN2O4. The standard InChI is InChI=1S/C22H31FN2O4/c1-21(2,3)29-20(27)25-11-5-8-18(25)19(26)24-15-22(9-12-28-13-10-22)16-6-4-7-17(23)14-16/h4,6-7,14,18H,5,8-13,15H2,1-3H3,(H,24,26). The molecule has 2 heterocycles. The summed E-state index contributed by atoms with van der Waals surface area (Å²) >= 11 is 0. The number of carbonyl (C=O) groups is 2. The van der Waals surface area contributed by atoms with Crippen LogP contribution in [0.5, 0.6) is 0 Å². The molecule has 0 spiro atoms. The van der Waals surface area contributed by atoms with Crippen molar-refractivity contribution in [3.8, 4) is 0 Å². The Bertz CT molecular complexity index is 741. The number of nitrogens with zero attached hydrogens (tertiary/aromatic N) is 1. The van der Waals surface area contributed by atoms with Crippen LogP contribution in [-0.4, -0.2) is 54.8 Å². The molecule has 2 amide bonds. The SMILES string of the molecule is CC(C)(C)OC(=O)N1CCCC1C(=O)NCC1(c2cccc(F)c2)CCOCC1. The Kier molecular flexibility index (Phi) is 6.46. The van der Waals surface area contributed by atoms with E-state index in [0.717, 1.165) is 12.0 Å². The highest BCUT2D eigenvalue weighted by atomic mass is 19.1.